The lowest BCUT2D eigenvalue weighted by Gasteiger charge is -2.25. The van der Waals surface area contributed by atoms with Gasteiger partial charge in [-0.3, -0.25) is 4.79 Å². The number of piperidine rings is 1. The van der Waals surface area contributed by atoms with Crippen LogP contribution in [0.4, 0.5) is 0 Å². The van der Waals surface area contributed by atoms with E-state index >= 15 is 0 Å². The van der Waals surface area contributed by atoms with E-state index in [1.54, 1.807) is 18.2 Å². The van der Waals surface area contributed by atoms with Crippen molar-refractivity contribution in [3.8, 4) is 0 Å². The minimum atomic E-state index is -3.51. The molecule has 0 bridgehead atoms. The second-order valence-corrected chi connectivity index (χ2v) is 8.55. The van der Waals surface area contributed by atoms with Crippen molar-refractivity contribution in [3.05, 3.63) is 71.3 Å². The second-order valence-electron chi connectivity index (χ2n) is 6.61. The van der Waals surface area contributed by atoms with Crippen LogP contribution in [0.15, 0.2) is 59.5 Å². The van der Waals surface area contributed by atoms with E-state index < -0.39 is 16.0 Å². The van der Waals surface area contributed by atoms with Crippen LogP contribution in [-0.2, 0) is 10.0 Å². The number of carbonyl (C=O) groups is 2. The van der Waals surface area contributed by atoms with Crippen LogP contribution < -0.4 is 0 Å². The third-order valence-electron chi connectivity index (χ3n) is 4.68. The number of hydrogen-bond acceptors (Lipinski definition) is 4. The molecule has 2 aromatic rings. The molecule has 1 heterocycles. The first-order valence-corrected chi connectivity index (χ1v) is 10.5. The topological polar surface area (TPSA) is 91.7 Å². The van der Waals surface area contributed by atoms with Crippen molar-refractivity contribution >= 4 is 27.9 Å². The Morgan fingerprint density at radius 3 is 2.00 bits per heavy atom. The van der Waals surface area contributed by atoms with Gasteiger partial charge in [-0.1, -0.05) is 24.6 Å². The lowest BCUT2D eigenvalue weighted by molar-refractivity contribution is 0.0696. The first-order chi connectivity index (χ1) is 13.4. The highest BCUT2D eigenvalue weighted by molar-refractivity contribution is 7.89. The predicted octanol–water partition coefficient (Wildman–Crippen LogP) is 3.46. The number of allylic oxidation sites excluding steroid dienone is 1. The van der Waals surface area contributed by atoms with E-state index in [-0.39, 0.29) is 16.2 Å². The van der Waals surface area contributed by atoms with Crippen LogP contribution in [0.1, 0.15) is 45.5 Å². The SMILES string of the molecule is O=C(O)c1ccc(/C=C/C(=O)c2ccc(S(=O)(=O)N3CCCCC3)cc2)cc1. The zero-order valence-corrected chi connectivity index (χ0v) is 16.1. The van der Waals surface area contributed by atoms with Gasteiger partial charge in [-0.05, 0) is 60.9 Å². The fourth-order valence-electron chi connectivity index (χ4n) is 3.05. The molecule has 7 heteroatoms. The summed E-state index contributed by atoms with van der Waals surface area (Å²) in [5.41, 5.74) is 1.26. The first kappa shape index (κ1) is 20.0. The fourth-order valence-corrected chi connectivity index (χ4v) is 4.57. The van der Waals surface area contributed by atoms with Crippen molar-refractivity contribution in [2.45, 2.75) is 24.2 Å². The summed E-state index contributed by atoms with van der Waals surface area (Å²) >= 11 is 0. The number of rotatable bonds is 6. The standard InChI is InChI=1S/C21H21NO5S/c23-20(13-6-16-4-7-18(8-5-16)21(24)25)17-9-11-19(12-10-17)28(26,27)22-14-2-1-3-15-22/h4-13H,1-3,14-15H2,(H,24,25)/b13-6+. The molecule has 0 saturated carbocycles. The summed E-state index contributed by atoms with van der Waals surface area (Å²) in [4.78, 5) is 23.4. The summed E-state index contributed by atoms with van der Waals surface area (Å²) in [7, 11) is -3.51. The average molecular weight is 399 g/mol. The third-order valence-corrected chi connectivity index (χ3v) is 6.59. The lowest BCUT2D eigenvalue weighted by atomic mass is 10.1. The number of benzene rings is 2. The van der Waals surface area contributed by atoms with Gasteiger partial charge in [0.1, 0.15) is 0 Å². The molecule has 1 fully saturated rings. The molecular formula is C21H21NO5S. The highest BCUT2D eigenvalue weighted by atomic mass is 32.2. The number of aromatic carboxylic acids is 1. The van der Waals surface area contributed by atoms with Crippen molar-refractivity contribution in [1.29, 1.82) is 0 Å². The molecule has 2 aromatic carbocycles. The van der Waals surface area contributed by atoms with Gasteiger partial charge in [0.15, 0.2) is 5.78 Å². The van der Waals surface area contributed by atoms with Gasteiger partial charge in [-0.25, -0.2) is 13.2 Å². The summed E-state index contributed by atoms with van der Waals surface area (Å²) in [6, 6.07) is 12.1. The van der Waals surface area contributed by atoms with E-state index in [0.29, 0.717) is 24.2 Å². The maximum absolute atomic E-state index is 12.6. The number of carbonyl (C=O) groups excluding carboxylic acids is 1. The second kappa shape index (κ2) is 8.50. The Balaban J connectivity index is 1.70. The summed E-state index contributed by atoms with van der Waals surface area (Å²) < 4.78 is 26.8. The molecule has 1 aliphatic rings. The van der Waals surface area contributed by atoms with Crippen LogP contribution in [-0.4, -0.2) is 42.7 Å². The maximum Gasteiger partial charge on any atom is 0.335 e. The average Bonchev–Trinajstić information content (AvgIpc) is 2.73. The molecule has 0 atom stereocenters. The summed E-state index contributed by atoms with van der Waals surface area (Å²) in [6.45, 7) is 1.07. The van der Waals surface area contributed by atoms with Crippen LogP contribution in [0.2, 0.25) is 0 Å². The Bertz CT molecular complexity index is 986. The van der Waals surface area contributed by atoms with Gasteiger partial charge in [0, 0.05) is 18.7 Å². The number of ketones is 1. The molecule has 0 unspecified atom stereocenters. The van der Waals surface area contributed by atoms with Crippen LogP contribution in [0, 0.1) is 0 Å². The third kappa shape index (κ3) is 4.55. The molecule has 0 spiro atoms. The van der Waals surface area contributed by atoms with Gasteiger partial charge in [0.05, 0.1) is 10.5 Å². The number of carboxylic acids is 1. The number of sulfonamides is 1. The normalized spacial score (nSPS) is 15.6. The van der Waals surface area contributed by atoms with Crippen molar-refractivity contribution in [2.75, 3.05) is 13.1 Å². The van der Waals surface area contributed by atoms with E-state index in [9.17, 15) is 18.0 Å². The molecule has 6 nitrogen and oxygen atoms in total. The van der Waals surface area contributed by atoms with Crippen LogP contribution in [0.5, 0.6) is 0 Å². The predicted molar refractivity (Wildman–Crippen MR) is 106 cm³/mol. The van der Waals surface area contributed by atoms with Crippen molar-refractivity contribution < 1.29 is 23.1 Å². The Morgan fingerprint density at radius 2 is 1.43 bits per heavy atom. The molecule has 0 aliphatic carbocycles. The molecule has 1 saturated heterocycles. The Kier molecular flexibility index (Phi) is 6.06. The van der Waals surface area contributed by atoms with E-state index in [2.05, 4.69) is 0 Å². The number of hydrogen-bond donors (Lipinski definition) is 1. The minimum absolute atomic E-state index is 0.175. The monoisotopic (exact) mass is 399 g/mol. The fraction of sp³-hybridized carbons (Fsp3) is 0.238. The number of carboxylic acid groups (broad SMARTS) is 1. The van der Waals surface area contributed by atoms with Crippen molar-refractivity contribution in [2.24, 2.45) is 0 Å². The zero-order chi connectivity index (χ0) is 20.1. The van der Waals surface area contributed by atoms with Crippen LogP contribution in [0.25, 0.3) is 6.08 Å². The Morgan fingerprint density at radius 1 is 0.857 bits per heavy atom. The minimum Gasteiger partial charge on any atom is -0.478 e. The van der Waals surface area contributed by atoms with E-state index in [1.165, 1.54) is 46.8 Å². The molecule has 28 heavy (non-hydrogen) atoms. The molecule has 146 valence electrons. The van der Waals surface area contributed by atoms with Crippen LogP contribution in [0.3, 0.4) is 0 Å². The molecule has 0 aromatic heterocycles. The van der Waals surface area contributed by atoms with Crippen LogP contribution >= 0.6 is 0 Å². The van der Waals surface area contributed by atoms with Gasteiger partial charge in [0.25, 0.3) is 0 Å². The molecule has 0 amide bonds. The van der Waals surface area contributed by atoms with E-state index in [1.807, 2.05) is 0 Å². The molecule has 1 N–H and O–H groups in total. The van der Waals surface area contributed by atoms with Gasteiger partial charge < -0.3 is 5.11 Å². The largest absolute Gasteiger partial charge is 0.478 e. The van der Waals surface area contributed by atoms with Crippen molar-refractivity contribution in [1.82, 2.24) is 4.31 Å². The summed E-state index contributed by atoms with van der Waals surface area (Å²) in [6.07, 6.45) is 5.75. The highest BCUT2D eigenvalue weighted by Gasteiger charge is 2.25. The van der Waals surface area contributed by atoms with Crippen molar-refractivity contribution in [3.63, 3.8) is 0 Å². The van der Waals surface area contributed by atoms with Gasteiger partial charge in [0.2, 0.25) is 10.0 Å². The smallest absolute Gasteiger partial charge is 0.335 e. The Labute approximate surface area is 164 Å². The summed E-state index contributed by atoms with van der Waals surface area (Å²) in [5.74, 6) is -1.27. The van der Waals surface area contributed by atoms with Gasteiger partial charge in [-0.2, -0.15) is 4.31 Å². The Hall–Kier alpha value is -2.77. The quantitative estimate of drug-likeness (QED) is 0.593. The molecule has 1 aliphatic heterocycles. The lowest BCUT2D eigenvalue weighted by Crippen LogP contribution is -2.35. The molecule has 0 radical (unpaired) electrons. The summed E-state index contributed by atoms with van der Waals surface area (Å²) in [5, 5.41) is 8.89. The van der Waals surface area contributed by atoms with Gasteiger partial charge in [-0.15, -0.1) is 0 Å². The first-order valence-electron chi connectivity index (χ1n) is 9.04. The zero-order valence-electron chi connectivity index (χ0n) is 15.2. The van der Waals surface area contributed by atoms with E-state index in [0.717, 1.165) is 19.3 Å². The highest BCUT2D eigenvalue weighted by Crippen LogP contribution is 2.21. The maximum atomic E-state index is 12.6. The number of nitrogens with zero attached hydrogens (tertiary/aromatic N) is 1. The van der Waals surface area contributed by atoms with E-state index in [4.69, 9.17) is 5.11 Å². The molecular weight excluding hydrogens is 378 g/mol. The molecule has 3 rings (SSSR count). The van der Waals surface area contributed by atoms with Gasteiger partial charge >= 0.3 is 5.97 Å².